The Balaban J connectivity index is 2.01. The van der Waals surface area contributed by atoms with Crippen LogP contribution in [-0.4, -0.2) is 28.8 Å². The van der Waals surface area contributed by atoms with E-state index in [0.717, 1.165) is 5.56 Å². The number of carbonyl (C=O) groups excluding carboxylic acids is 2. The fourth-order valence-electron chi connectivity index (χ4n) is 3.67. The van der Waals surface area contributed by atoms with E-state index < -0.39 is 11.9 Å². The molecule has 0 aliphatic heterocycles. The van der Waals surface area contributed by atoms with Gasteiger partial charge in [0.2, 0.25) is 11.8 Å². The van der Waals surface area contributed by atoms with Crippen molar-refractivity contribution in [1.82, 2.24) is 10.2 Å². The molecule has 0 saturated heterocycles. The van der Waals surface area contributed by atoms with Crippen LogP contribution in [0.25, 0.3) is 0 Å². The van der Waals surface area contributed by atoms with E-state index in [0.29, 0.717) is 22.0 Å². The molecule has 1 N–H and O–H groups in total. The molecule has 3 rings (SSSR count). The van der Waals surface area contributed by atoms with Gasteiger partial charge in [0.15, 0.2) is 0 Å². The summed E-state index contributed by atoms with van der Waals surface area (Å²) in [7, 11) is 0. The van der Waals surface area contributed by atoms with Crippen LogP contribution in [-0.2, 0) is 29.0 Å². The molecule has 7 heteroatoms. The largest absolute Gasteiger partial charge is 0.352 e. The van der Waals surface area contributed by atoms with Crippen LogP contribution in [0.5, 0.6) is 0 Å². The number of nitrogens with one attached hydrogen (secondary N) is 1. The average Bonchev–Trinajstić information content (AvgIpc) is 2.79. The van der Waals surface area contributed by atoms with Gasteiger partial charge in [-0.05, 0) is 48.7 Å². The van der Waals surface area contributed by atoms with Gasteiger partial charge < -0.3 is 10.2 Å². The Morgan fingerprint density at radius 1 is 0.941 bits per heavy atom. The molecule has 0 fully saturated rings. The lowest BCUT2D eigenvalue weighted by molar-refractivity contribution is -0.141. The lowest BCUT2D eigenvalue weighted by Gasteiger charge is -2.32. The van der Waals surface area contributed by atoms with Gasteiger partial charge in [-0.25, -0.2) is 4.39 Å². The van der Waals surface area contributed by atoms with Gasteiger partial charge in [0.1, 0.15) is 11.9 Å². The third-order valence-corrected chi connectivity index (χ3v) is 5.94. The Hall–Kier alpha value is -2.89. The molecule has 0 heterocycles. The third-order valence-electron chi connectivity index (χ3n) is 5.36. The predicted molar refractivity (Wildman–Crippen MR) is 134 cm³/mol. The van der Waals surface area contributed by atoms with Gasteiger partial charge in [-0.3, -0.25) is 9.59 Å². The second-order valence-corrected chi connectivity index (χ2v) is 9.24. The number of rotatable bonds is 9. The average molecular weight is 501 g/mol. The first-order valence-corrected chi connectivity index (χ1v) is 11.8. The highest BCUT2D eigenvalue weighted by Crippen LogP contribution is 2.25. The summed E-state index contributed by atoms with van der Waals surface area (Å²) in [4.78, 5) is 28.4. The predicted octanol–water partition coefficient (Wildman–Crippen LogP) is 5.84. The van der Waals surface area contributed by atoms with E-state index >= 15 is 0 Å². The summed E-state index contributed by atoms with van der Waals surface area (Å²) in [6.45, 7) is 3.80. The van der Waals surface area contributed by atoms with Crippen molar-refractivity contribution >= 4 is 35.0 Å². The van der Waals surface area contributed by atoms with Crippen LogP contribution in [0.15, 0.2) is 72.8 Å². The minimum Gasteiger partial charge on any atom is -0.352 e. The van der Waals surface area contributed by atoms with Crippen molar-refractivity contribution in [3.63, 3.8) is 0 Å². The minimum atomic E-state index is -0.823. The summed E-state index contributed by atoms with van der Waals surface area (Å²) in [5.41, 5.74) is 1.81. The molecular weight excluding hydrogens is 474 g/mol. The molecule has 0 bridgehead atoms. The van der Waals surface area contributed by atoms with Gasteiger partial charge in [-0.1, -0.05) is 77.8 Å². The van der Waals surface area contributed by atoms with Gasteiger partial charge in [-0.15, -0.1) is 0 Å². The summed E-state index contributed by atoms with van der Waals surface area (Å²) < 4.78 is 14.3. The van der Waals surface area contributed by atoms with Crippen molar-refractivity contribution in [2.45, 2.75) is 45.3 Å². The van der Waals surface area contributed by atoms with E-state index in [1.807, 2.05) is 44.2 Å². The van der Waals surface area contributed by atoms with Crippen molar-refractivity contribution in [1.29, 1.82) is 0 Å². The Morgan fingerprint density at radius 2 is 1.62 bits per heavy atom. The Labute approximate surface area is 209 Å². The molecule has 0 radical (unpaired) electrons. The summed E-state index contributed by atoms with van der Waals surface area (Å²) in [5, 5.41) is 3.78. The number of hydrogen-bond donors (Lipinski definition) is 1. The van der Waals surface area contributed by atoms with E-state index in [9.17, 15) is 14.0 Å². The van der Waals surface area contributed by atoms with Gasteiger partial charge in [0, 0.05) is 29.1 Å². The molecule has 3 aromatic rings. The second-order valence-electron chi connectivity index (χ2n) is 8.39. The van der Waals surface area contributed by atoms with E-state index in [-0.39, 0.29) is 36.4 Å². The lowest BCUT2D eigenvalue weighted by Crippen LogP contribution is -2.52. The van der Waals surface area contributed by atoms with Crippen molar-refractivity contribution in [3.05, 3.63) is 105 Å². The maximum Gasteiger partial charge on any atom is 0.243 e. The second kappa shape index (κ2) is 12.0. The van der Waals surface area contributed by atoms with E-state index in [1.54, 1.807) is 36.4 Å². The van der Waals surface area contributed by atoms with Gasteiger partial charge >= 0.3 is 0 Å². The molecule has 0 spiro atoms. The summed E-state index contributed by atoms with van der Waals surface area (Å²) in [5.74, 6) is -1.13. The Kier molecular flexibility index (Phi) is 9.08. The summed E-state index contributed by atoms with van der Waals surface area (Å²) >= 11 is 12.5. The van der Waals surface area contributed by atoms with Crippen molar-refractivity contribution in [2.24, 2.45) is 0 Å². The number of halogens is 3. The maximum atomic E-state index is 14.3. The highest BCUT2D eigenvalue weighted by molar-refractivity contribution is 6.35. The third kappa shape index (κ3) is 7.05. The van der Waals surface area contributed by atoms with Gasteiger partial charge in [0.05, 0.1) is 6.42 Å². The quantitative estimate of drug-likeness (QED) is 0.401. The molecule has 0 aromatic heterocycles. The molecule has 0 aliphatic carbocycles. The first-order chi connectivity index (χ1) is 16.2. The Morgan fingerprint density at radius 3 is 2.26 bits per heavy atom. The van der Waals surface area contributed by atoms with Gasteiger partial charge in [-0.2, -0.15) is 0 Å². The molecule has 1 unspecified atom stereocenters. The fraction of sp³-hybridized carbons (Fsp3) is 0.259. The van der Waals surface area contributed by atoms with E-state index in [4.69, 9.17) is 23.2 Å². The topological polar surface area (TPSA) is 49.4 Å². The SMILES string of the molecule is CC(C)NC(=O)C(Cc1ccccc1)N(Cc1ccc(Cl)cc1Cl)C(=O)Cc1ccccc1F. The van der Waals surface area contributed by atoms with E-state index in [2.05, 4.69) is 5.32 Å². The number of carbonyl (C=O) groups is 2. The first kappa shape index (κ1) is 25.7. The number of amides is 2. The fourth-order valence-corrected chi connectivity index (χ4v) is 4.14. The molecule has 2 amide bonds. The number of nitrogens with zero attached hydrogens (tertiary/aromatic N) is 1. The highest BCUT2D eigenvalue weighted by Gasteiger charge is 2.31. The van der Waals surface area contributed by atoms with Gasteiger partial charge in [0.25, 0.3) is 0 Å². The van der Waals surface area contributed by atoms with Crippen LogP contribution < -0.4 is 5.32 Å². The summed E-state index contributed by atoms with van der Waals surface area (Å²) in [6, 6.07) is 19.7. The van der Waals surface area contributed by atoms with E-state index in [1.165, 1.54) is 11.0 Å². The first-order valence-electron chi connectivity index (χ1n) is 11.1. The van der Waals surface area contributed by atoms with Crippen LogP contribution in [0.3, 0.4) is 0 Å². The zero-order valence-corrected chi connectivity index (χ0v) is 20.6. The summed E-state index contributed by atoms with van der Waals surface area (Å²) in [6.07, 6.45) is 0.117. The molecule has 178 valence electrons. The van der Waals surface area contributed by atoms with Crippen molar-refractivity contribution in [2.75, 3.05) is 0 Å². The van der Waals surface area contributed by atoms with Crippen LogP contribution in [0.2, 0.25) is 10.0 Å². The molecule has 1 atom stereocenters. The normalized spacial score (nSPS) is 11.8. The zero-order chi connectivity index (χ0) is 24.7. The number of benzene rings is 3. The zero-order valence-electron chi connectivity index (χ0n) is 19.1. The van der Waals surface area contributed by atoms with Crippen LogP contribution in [0, 0.1) is 5.82 Å². The van der Waals surface area contributed by atoms with Crippen LogP contribution >= 0.6 is 23.2 Å². The number of hydrogen-bond acceptors (Lipinski definition) is 2. The minimum absolute atomic E-state index is 0.0757. The standard InChI is InChI=1S/C27H27Cl2FN2O2/c1-18(2)31-27(34)25(14-19-8-4-3-5-9-19)32(17-21-12-13-22(28)16-23(21)29)26(33)15-20-10-6-7-11-24(20)30/h3-13,16,18,25H,14-15,17H2,1-2H3,(H,31,34). The maximum absolute atomic E-state index is 14.3. The van der Waals surface area contributed by atoms with Crippen molar-refractivity contribution in [3.8, 4) is 0 Å². The lowest BCUT2D eigenvalue weighted by atomic mass is 10.0. The molecule has 0 aliphatic rings. The van der Waals surface area contributed by atoms with Crippen molar-refractivity contribution < 1.29 is 14.0 Å². The monoisotopic (exact) mass is 500 g/mol. The van der Waals surface area contributed by atoms with Crippen LogP contribution in [0.1, 0.15) is 30.5 Å². The molecule has 34 heavy (non-hydrogen) atoms. The molecule has 0 saturated carbocycles. The molecule has 3 aromatic carbocycles. The smallest absolute Gasteiger partial charge is 0.243 e. The molecular formula is C27H27Cl2FN2O2. The molecule has 4 nitrogen and oxygen atoms in total. The Bertz CT molecular complexity index is 1140. The van der Waals surface area contributed by atoms with Crippen LogP contribution in [0.4, 0.5) is 4.39 Å². The highest BCUT2D eigenvalue weighted by atomic mass is 35.5.